The maximum Gasteiger partial charge on any atom is 0.0762 e. The van der Waals surface area contributed by atoms with Crippen molar-refractivity contribution in [3.8, 4) is 0 Å². The van der Waals surface area contributed by atoms with Gasteiger partial charge in [-0.15, -0.1) is 0 Å². The van der Waals surface area contributed by atoms with Crippen molar-refractivity contribution in [2.24, 2.45) is 17.1 Å². The van der Waals surface area contributed by atoms with Crippen LogP contribution in [-0.4, -0.2) is 30.0 Å². The first kappa shape index (κ1) is 16.3. The predicted molar refractivity (Wildman–Crippen MR) is 82.6 cm³/mol. The van der Waals surface area contributed by atoms with E-state index in [2.05, 4.69) is 13.8 Å². The van der Waals surface area contributed by atoms with Crippen molar-refractivity contribution < 1.29 is 9.84 Å². The Hall–Kier alpha value is -0.120. The lowest BCUT2D eigenvalue weighted by Crippen LogP contribution is -2.57. The average Bonchev–Trinajstić information content (AvgIpc) is 2.39. The Bertz CT molecular complexity index is 297. The highest BCUT2D eigenvalue weighted by molar-refractivity contribution is 5.03. The summed E-state index contributed by atoms with van der Waals surface area (Å²) in [4.78, 5) is 0. The van der Waals surface area contributed by atoms with E-state index in [9.17, 15) is 5.11 Å². The van der Waals surface area contributed by atoms with Crippen LogP contribution in [0.25, 0.3) is 0 Å². The second-order valence-corrected chi connectivity index (χ2v) is 7.39. The number of rotatable bonds is 3. The van der Waals surface area contributed by atoms with Crippen LogP contribution in [0.1, 0.15) is 71.6 Å². The van der Waals surface area contributed by atoms with Gasteiger partial charge in [0.05, 0.1) is 11.7 Å². The minimum atomic E-state index is -0.619. The number of hydrogen-bond acceptors (Lipinski definition) is 3. The minimum Gasteiger partial charge on any atom is -0.389 e. The Morgan fingerprint density at radius 1 is 1.10 bits per heavy atom. The summed E-state index contributed by atoms with van der Waals surface area (Å²) in [6.07, 6.45) is 10.2. The molecule has 0 spiro atoms. The lowest BCUT2D eigenvalue weighted by Gasteiger charge is -2.52. The van der Waals surface area contributed by atoms with Crippen molar-refractivity contribution in [1.82, 2.24) is 0 Å². The van der Waals surface area contributed by atoms with Gasteiger partial charge in [-0.3, -0.25) is 0 Å². The molecule has 2 atom stereocenters. The molecule has 1 heterocycles. The number of aliphatic hydroxyl groups is 1. The lowest BCUT2D eigenvalue weighted by molar-refractivity contribution is -0.180. The van der Waals surface area contributed by atoms with Gasteiger partial charge >= 0.3 is 0 Å². The molecular formula is C17H33NO2. The van der Waals surface area contributed by atoms with Crippen LogP contribution in [0.2, 0.25) is 0 Å². The summed E-state index contributed by atoms with van der Waals surface area (Å²) in [5, 5.41) is 11.4. The van der Waals surface area contributed by atoms with E-state index in [4.69, 9.17) is 10.5 Å². The highest BCUT2D eigenvalue weighted by atomic mass is 16.5. The van der Waals surface area contributed by atoms with Gasteiger partial charge in [0, 0.05) is 31.4 Å². The van der Waals surface area contributed by atoms with E-state index in [0.29, 0.717) is 19.1 Å². The number of ether oxygens (including phenoxy) is 1. The number of nitrogens with two attached hydrogens (primary N) is 1. The van der Waals surface area contributed by atoms with Gasteiger partial charge in [0.15, 0.2) is 0 Å². The molecule has 0 aromatic rings. The normalized spacial score (nSPS) is 35.5. The molecule has 0 amide bonds. The molecule has 0 bridgehead atoms. The first-order chi connectivity index (χ1) is 9.53. The van der Waals surface area contributed by atoms with E-state index in [-0.39, 0.29) is 11.5 Å². The van der Waals surface area contributed by atoms with Crippen LogP contribution < -0.4 is 5.73 Å². The van der Waals surface area contributed by atoms with Crippen LogP contribution in [-0.2, 0) is 4.74 Å². The van der Waals surface area contributed by atoms with Crippen LogP contribution in [0.5, 0.6) is 0 Å². The van der Waals surface area contributed by atoms with Crippen LogP contribution in [0, 0.1) is 11.3 Å². The average molecular weight is 283 g/mol. The van der Waals surface area contributed by atoms with Crippen molar-refractivity contribution in [1.29, 1.82) is 0 Å². The molecule has 2 aliphatic rings. The fraction of sp³-hybridized carbons (Fsp3) is 1.00. The number of hydrogen-bond donors (Lipinski definition) is 2. The largest absolute Gasteiger partial charge is 0.389 e. The molecule has 0 aromatic carbocycles. The van der Waals surface area contributed by atoms with E-state index < -0.39 is 5.60 Å². The van der Waals surface area contributed by atoms with Gasteiger partial charge in [-0.05, 0) is 18.8 Å². The SMILES string of the molecule is CC(C)C1CC(O)(C2(CN)CCCCCCC2)CCO1. The highest BCUT2D eigenvalue weighted by Crippen LogP contribution is 2.48. The molecule has 1 saturated carbocycles. The van der Waals surface area contributed by atoms with Gasteiger partial charge in [-0.2, -0.15) is 0 Å². The molecule has 0 aromatic heterocycles. The Morgan fingerprint density at radius 2 is 1.70 bits per heavy atom. The molecule has 1 aliphatic heterocycles. The van der Waals surface area contributed by atoms with Crippen molar-refractivity contribution >= 4 is 0 Å². The van der Waals surface area contributed by atoms with E-state index in [1.165, 1.54) is 32.1 Å². The third-order valence-electron chi connectivity index (χ3n) is 5.82. The zero-order valence-electron chi connectivity index (χ0n) is 13.4. The highest BCUT2D eigenvalue weighted by Gasteiger charge is 2.51. The molecule has 0 radical (unpaired) electrons. The van der Waals surface area contributed by atoms with Gasteiger partial charge in [-0.1, -0.05) is 46.0 Å². The molecule has 2 rings (SSSR count). The summed E-state index contributed by atoms with van der Waals surface area (Å²) in [7, 11) is 0. The lowest BCUT2D eigenvalue weighted by atomic mass is 9.60. The molecular weight excluding hydrogens is 250 g/mol. The zero-order chi connectivity index (χ0) is 14.6. The molecule has 1 aliphatic carbocycles. The third-order valence-corrected chi connectivity index (χ3v) is 5.82. The molecule has 3 heteroatoms. The fourth-order valence-corrected chi connectivity index (χ4v) is 4.22. The molecule has 2 unspecified atom stereocenters. The van der Waals surface area contributed by atoms with Gasteiger partial charge < -0.3 is 15.6 Å². The molecule has 20 heavy (non-hydrogen) atoms. The first-order valence-electron chi connectivity index (χ1n) is 8.57. The molecule has 118 valence electrons. The van der Waals surface area contributed by atoms with Crippen LogP contribution >= 0.6 is 0 Å². The van der Waals surface area contributed by atoms with Gasteiger partial charge in [0.1, 0.15) is 0 Å². The maximum absolute atomic E-state index is 11.4. The van der Waals surface area contributed by atoms with Crippen LogP contribution in [0.3, 0.4) is 0 Å². The second-order valence-electron chi connectivity index (χ2n) is 7.39. The summed E-state index contributed by atoms with van der Waals surface area (Å²) in [5.41, 5.74) is 5.50. The van der Waals surface area contributed by atoms with E-state index in [1.807, 2.05) is 0 Å². The van der Waals surface area contributed by atoms with Crippen LogP contribution in [0.4, 0.5) is 0 Å². The zero-order valence-corrected chi connectivity index (χ0v) is 13.4. The van der Waals surface area contributed by atoms with Crippen molar-refractivity contribution in [2.75, 3.05) is 13.2 Å². The summed E-state index contributed by atoms with van der Waals surface area (Å²) in [5.74, 6) is 0.463. The smallest absolute Gasteiger partial charge is 0.0762 e. The standard InChI is InChI=1S/C17H33NO2/c1-14(2)15-12-17(19,10-11-20-15)16(13-18)8-6-4-3-5-7-9-16/h14-15,19H,3-13,18H2,1-2H3. The Kier molecular flexibility index (Phi) is 5.49. The van der Waals surface area contributed by atoms with Crippen LogP contribution in [0.15, 0.2) is 0 Å². The fourth-order valence-electron chi connectivity index (χ4n) is 4.22. The summed E-state index contributed by atoms with van der Waals surface area (Å²) in [6.45, 7) is 5.67. The topological polar surface area (TPSA) is 55.5 Å². The molecule has 1 saturated heterocycles. The quantitative estimate of drug-likeness (QED) is 0.836. The Balaban J connectivity index is 2.18. The van der Waals surface area contributed by atoms with Gasteiger partial charge in [0.2, 0.25) is 0 Å². The molecule has 3 N–H and O–H groups in total. The van der Waals surface area contributed by atoms with E-state index in [0.717, 1.165) is 25.7 Å². The third kappa shape index (κ3) is 3.20. The first-order valence-corrected chi connectivity index (χ1v) is 8.57. The Labute approximate surface area is 124 Å². The summed E-state index contributed by atoms with van der Waals surface area (Å²) >= 11 is 0. The van der Waals surface area contributed by atoms with Gasteiger partial charge in [0.25, 0.3) is 0 Å². The second kappa shape index (κ2) is 6.76. The van der Waals surface area contributed by atoms with Crippen molar-refractivity contribution in [3.05, 3.63) is 0 Å². The summed E-state index contributed by atoms with van der Waals surface area (Å²) in [6, 6.07) is 0. The van der Waals surface area contributed by atoms with E-state index in [1.54, 1.807) is 0 Å². The van der Waals surface area contributed by atoms with Gasteiger partial charge in [-0.25, -0.2) is 0 Å². The van der Waals surface area contributed by atoms with E-state index >= 15 is 0 Å². The molecule has 3 nitrogen and oxygen atoms in total. The summed E-state index contributed by atoms with van der Waals surface area (Å²) < 4.78 is 5.87. The van der Waals surface area contributed by atoms with Crippen molar-refractivity contribution in [2.45, 2.75) is 83.3 Å². The maximum atomic E-state index is 11.4. The monoisotopic (exact) mass is 283 g/mol. The minimum absolute atomic E-state index is 0.0790. The van der Waals surface area contributed by atoms with Crippen molar-refractivity contribution in [3.63, 3.8) is 0 Å². The molecule has 2 fully saturated rings. The Morgan fingerprint density at radius 3 is 2.25 bits per heavy atom. The predicted octanol–water partition coefficient (Wildman–Crippen LogP) is 3.24.